The predicted molar refractivity (Wildman–Crippen MR) is 110 cm³/mol. The van der Waals surface area contributed by atoms with Gasteiger partial charge in [-0.15, -0.1) is 11.8 Å². The van der Waals surface area contributed by atoms with Gasteiger partial charge in [-0.25, -0.2) is 0 Å². The van der Waals surface area contributed by atoms with Crippen molar-refractivity contribution in [3.05, 3.63) is 41.5 Å². The summed E-state index contributed by atoms with van der Waals surface area (Å²) in [5.41, 5.74) is 2.00. The fraction of sp³-hybridized carbons (Fsp3) is 0.542. The molecule has 27 heavy (non-hydrogen) atoms. The molecule has 3 heteroatoms. The summed E-state index contributed by atoms with van der Waals surface area (Å²) in [5.74, 6) is 7.15. The van der Waals surface area contributed by atoms with Crippen LogP contribution in [-0.4, -0.2) is 18.2 Å². The molecule has 146 valence electrons. The maximum absolute atomic E-state index is 11.3. The van der Waals surface area contributed by atoms with E-state index in [2.05, 4.69) is 34.8 Å². The van der Waals surface area contributed by atoms with Crippen LogP contribution >= 0.6 is 0 Å². The van der Waals surface area contributed by atoms with Crippen molar-refractivity contribution in [1.82, 2.24) is 0 Å². The van der Waals surface area contributed by atoms with E-state index in [9.17, 15) is 9.90 Å². The van der Waals surface area contributed by atoms with Gasteiger partial charge in [0.25, 0.3) is 0 Å². The second-order valence-electron chi connectivity index (χ2n) is 7.23. The standard InChI is InChI=1S/C24H32O3/c1-3-4-5-6-7-8-12-19-13-9-16-21(19)22-17-10-14-20(24(22)26)15-11-18-23(25)27-2/h8,10,12,14,17,19,21,26H,5-7,9,11,13,15-16,18H2,1-2H3/b12-8+/t19?,21-/m0/s1. The van der Waals surface area contributed by atoms with E-state index in [0.29, 0.717) is 36.8 Å². The Kier molecular flexibility index (Phi) is 8.98. The first-order valence-electron chi connectivity index (χ1n) is 10.1. The zero-order valence-corrected chi connectivity index (χ0v) is 16.7. The number of methoxy groups -OCH3 is 1. The number of para-hydroxylation sites is 1. The fourth-order valence-corrected chi connectivity index (χ4v) is 3.95. The lowest BCUT2D eigenvalue weighted by Crippen LogP contribution is -2.05. The first-order chi connectivity index (χ1) is 13.2. The van der Waals surface area contributed by atoms with Gasteiger partial charge in [-0.1, -0.05) is 36.8 Å². The smallest absolute Gasteiger partial charge is 0.305 e. The molecule has 0 saturated heterocycles. The van der Waals surface area contributed by atoms with Gasteiger partial charge in [0, 0.05) is 12.8 Å². The quantitative estimate of drug-likeness (QED) is 0.270. The van der Waals surface area contributed by atoms with E-state index in [1.165, 1.54) is 20.0 Å². The number of ether oxygens (including phenoxy) is 1. The second-order valence-corrected chi connectivity index (χ2v) is 7.23. The Balaban J connectivity index is 1.98. The normalized spacial score (nSPS) is 19.0. The first kappa shape index (κ1) is 21.1. The van der Waals surface area contributed by atoms with Crippen molar-refractivity contribution in [2.75, 3.05) is 7.11 Å². The Morgan fingerprint density at radius 3 is 2.96 bits per heavy atom. The number of unbranched alkanes of at least 4 members (excludes halogenated alkanes) is 2. The van der Waals surface area contributed by atoms with Crippen molar-refractivity contribution in [3.8, 4) is 17.6 Å². The molecule has 1 aliphatic carbocycles. The zero-order chi connectivity index (χ0) is 19.5. The summed E-state index contributed by atoms with van der Waals surface area (Å²) in [7, 11) is 1.41. The van der Waals surface area contributed by atoms with E-state index >= 15 is 0 Å². The topological polar surface area (TPSA) is 46.5 Å². The molecule has 2 atom stereocenters. The molecule has 0 heterocycles. The molecule has 0 spiro atoms. The fourth-order valence-electron chi connectivity index (χ4n) is 3.95. The highest BCUT2D eigenvalue weighted by atomic mass is 16.5. The van der Waals surface area contributed by atoms with E-state index in [4.69, 9.17) is 0 Å². The molecule has 1 N–H and O–H groups in total. The molecular weight excluding hydrogens is 336 g/mol. The minimum atomic E-state index is -0.198. The first-order valence-corrected chi connectivity index (χ1v) is 10.1. The molecule has 0 radical (unpaired) electrons. The Bertz CT molecular complexity index is 693. The second kappa shape index (κ2) is 11.5. The highest BCUT2D eigenvalue weighted by Gasteiger charge is 2.29. The van der Waals surface area contributed by atoms with Crippen molar-refractivity contribution in [2.45, 2.75) is 70.6 Å². The van der Waals surface area contributed by atoms with Crippen LogP contribution in [0.5, 0.6) is 5.75 Å². The van der Waals surface area contributed by atoms with Crippen LogP contribution in [0.4, 0.5) is 0 Å². The molecule has 1 aromatic rings. The number of hydrogen-bond donors (Lipinski definition) is 1. The molecule has 0 aliphatic heterocycles. The Labute approximate surface area is 163 Å². The lowest BCUT2D eigenvalue weighted by molar-refractivity contribution is -0.140. The van der Waals surface area contributed by atoms with Crippen LogP contribution in [0, 0.1) is 17.8 Å². The summed E-state index contributed by atoms with van der Waals surface area (Å²) in [6, 6.07) is 6.06. The van der Waals surface area contributed by atoms with E-state index in [0.717, 1.165) is 36.8 Å². The summed E-state index contributed by atoms with van der Waals surface area (Å²) in [5, 5.41) is 10.8. The average Bonchev–Trinajstić information content (AvgIpc) is 3.14. The zero-order valence-electron chi connectivity index (χ0n) is 16.7. The molecule has 1 saturated carbocycles. The SMILES string of the molecule is CC#CCCC/C=C/C1CCC[C@@H]1c1cccc(CCCC(=O)OC)c1O. The number of hydrogen-bond acceptors (Lipinski definition) is 3. The minimum Gasteiger partial charge on any atom is -0.507 e. The number of aryl methyl sites for hydroxylation is 1. The third-order valence-electron chi connectivity index (χ3n) is 5.41. The molecule has 1 aliphatic rings. The molecular formula is C24H32O3. The number of phenolic OH excluding ortho intramolecular Hbond substituents is 1. The van der Waals surface area contributed by atoms with E-state index in [1.807, 2.05) is 19.1 Å². The third-order valence-corrected chi connectivity index (χ3v) is 5.41. The molecule has 3 nitrogen and oxygen atoms in total. The van der Waals surface area contributed by atoms with Gasteiger partial charge in [0.05, 0.1) is 7.11 Å². The predicted octanol–water partition coefficient (Wildman–Crippen LogP) is 5.52. The van der Waals surface area contributed by atoms with Crippen molar-refractivity contribution < 1.29 is 14.6 Å². The van der Waals surface area contributed by atoms with Gasteiger partial charge in [-0.3, -0.25) is 4.79 Å². The largest absolute Gasteiger partial charge is 0.507 e. The van der Waals surface area contributed by atoms with Gasteiger partial charge < -0.3 is 9.84 Å². The van der Waals surface area contributed by atoms with E-state index in [1.54, 1.807) is 0 Å². The Morgan fingerprint density at radius 2 is 2.19 bits per heavy atom. The van der Waals surface area contributed by atoms with Crippen molar-refractivity contribution >= 4 is 5.97 Å². The van der Waals surface area contributed by atoms with Crippen molar-refractivity contribution in [3.63, 3.8) is 0 Å². The van der Waals surface area contributed by atoms with Crippen molar-refractivity contribution in [2.24, 2.45) is 5.92 Å². The van der Waals surface area contributed by atoms with Gasteiger partial charge in [0.15, 0.2) is 0 Å². The lowest BCUT2D eigenvalue weighted by Gasteiger charge is -2.20. The van der Waals surface area contributed by atoms with Gasteiger partial charge in [-0.05, 0) is 68.4 Å². The van der Waals surface area contributed by atoms with Crippen LogP contribution in [0.25, 0.3) is 0 Å². The molecule has 1 unspecified atom stereocenters. The van der Waals surface area contributed by atoms with Crippen LogP contribution in [0.15, 0.2) is 30.4 Å². The molecule has 1 aromatic carbocycles. The van der Waals surface area contributed by atoms with Gasteiger partial charge >= 0.3 is 5.97 Å². The molecule has 2 rings (SSSR count). The highest BCUT2D eigenvalue weighted by molar-refractivity contribution is 5.69. The maximum Gasteiger partial charge on any atom is 0.305 e. The number of carbonyl (C=O) groups excluding carboxylic acids is 1. The number of carbonyl (C=O) groups is 1. The van der Waals surface area contributed by atoms with Crippen LogP contribution in [0.2, 0.25) is 0 Å². The lowest BCUT2D eigenvalue weighted by atomic mass is 9.86. The summed E-state index contributed by atoms with van der Waals surface area (Å²) in [4.78, 5) is 11.3. The summed E-state index contributed by atoms with van der Waals surface area (Å²) in [6.07, 6.45) is 13.1. The summed E-state index contributed by atoms with van der Waals surface area (Å²) >= 11 is 0. The number of esters is 1. The van der Waals surface area contributed by atoms with E-state index < -0.39 is 0 Å². The maximum atomic E-state index is 11.3. The third kappa shape index (κ3) is 6.47. The molecule has 1 fully saturated rings. The minimum absolute atomic E-state index is 0.198. The van der Waals surface area contributed by atoms with Crippen LogP contribution < -0.4 is 0 Å². The highest BCUT2D eigenvalue weighted by Crippen LogP contribution is 2.44. The van der Waals surface area contributed by atoms with Gasteiger partial charge in [-0.2, -0.15) is 0 Å². The van der Waals surface area contributed by atoms with Crippen molar-refractivity contribution in [1.29, 1.82) is 0 Å². The number of aromatic hydroxyl groups is 1. The Hall–Kier alpha value is -2.21. The van der Waals surface area contributed by atoms with Gasteiger partial charge in [0.2, 0.25) is 0 Å². The number of allylic oxidation sites excluding steroid dienone is 2. The molecule has 0 aromatic heterocycles. The van der Waals surface area contributed by atoms with Gasteiger partial charge in [0.1, 0.15) is 5.75 Å². The Morgan fingerprint density at radius 1 is 1.33 bits per heavy atom. The number of benzene rings is 1. The average molecular weight is 369 g/mol. The number of rotatable bonds is 9. The van der Waals surface area contributed by atoms with Crippen LogP contribution in [-0.2, 0) is 16.0 Å². The van der Waals surface area contributed by atoms with E-state index in [-0.39, 0.29) is 5.97 Å². The monoisotopic (exact) mass is 368 g/mol. The summed E-state index contributed by atoms with van der Waals surface area (Å²) in [6.45, 7) is 1.88. The molecule has 0 bridgehead atoms. The van der Waals surface area contributed by atoms with Crippen LogP contribution in [0.3, 0.4) is 0 Å². The van der Waals surface area contributed by atoms with Crippen LogP contribution in [0.1, 0.15) is 75.3 Å². The number of phenols is 1. The molecule has 0 amide bonds. The summed E-state index contributed by atoms with van der Waals surface area (Å²) < 4.78 is 4.69.